The second-order valence-corrected chi connectivity index (χ2v) is 8.11. The Morgan fingerprint density at radius 3 is 2.74 bits per heavy atom. The van der Waals surface area contributed by atoms with E-state index in [1.807, 2.05) is 36.4 Å². The van der Waals surface area contributed by atoms with Gasteiger partial charge in [0.15, 0.2) is 0 Å². The van der Waals surface area contributed by atoms with Crippen molar-refractivity contribution in [3.8, 4) is 5.75 Å². The number of carbonyl (C=O) groups is 1. The average Bonchev–Trinajstić information content (AvgIpc) is 3.09. The summed E-state index contributed by atoms with van der Waals surface area (Å²) in [5, 5.41) is 7.61. The number of nitrogens with one attached hydrogen (secondary N) is 1. The Morgan fingerprint density at radius 2 is 2.00 bits per heavy atom. The maximum atomic E-state index is 12.0. The first-order valence-corrected chi connectivity index (χ1v) is 10.0. The van der Waals surface area contributed by atoms with Crippen LogP contribution in [-0.4, -0.2) is 20.7 Å². The summed E-state index contributed by atoms with van der Waals surface area (Å²) in [4.78, 5) is 16.1. The highest BCUT2D eigenvalue weighted by atomic mass is 79.9. The Balaban J connectivity index is 1.61. The van der Waals surface area contributed by atoms with E-state index in [0.29, 0.717) is 23.3 Å². The Hall–Kier alpha value is -1.90. The molecule has 0 bridgehead atoms. The molecule has 27 heavy (non-hydrogen) atoms. The molecule has 1 aliphatic rings. The second kappa shape index (κ2) is 7.61. The van der Waals surface area contributed by atoms with Crippen LogP contribution in [0.1, 0.15) is 23.6 Å². The molecule has 9 heteroatoms. The number of nitrogens with zero attached hydrogens (tertiary/aromatic N) is 3. The predicted octanol–water partition coefficient (Wildman–Crippen LogP) is 4.97. The van der Waals surface area contributed by atoms with Crippen LogP contribution in [0.3, 0.4) is 0 Å². The summed E-state index contributed by atoms with van der Waals surface area (Å²) in [6.07, 6.45) is 1.72. The van der Waals surface area contributed by atoms with Crippen LogP contribution in [0.5, 0.6) is 5.75 Å². The van der Waals surface area contributed by atoms with Crippen LogP contribution in [0, 0.1) is 0 Å². The second-order valence-electron chi connectivity index (χ2n) is 5.99. The smallest absolute Gasteiger partial charge is 0.229 e. The van der Waals surface area contributed by atoms with E-state index in [1.54, 1.807) is 4.68 Å². The van der Waals surface area contributed by atoms with Crippen molar-refractivity contribution in [3.63, 3.8) is 0 Å². The molecular weight excluding hydrogens is 499 g/mol. The number of rotatable bonds is 4. The van der Waals surface area contributed by atoms with Gasteiger partial charge in [-0.25, -0.2) is 4.68 Å². The number of hydrogen-bond acceptors (Lipinski definition) is 4. The number of fused-ring (bicyclic) bond motifs is 1. The number of anilines is 1. The molecule has 0 saturated heterocycles. The molecule has 1 atom stereocenters. The highest BCUT2D eigenvalue weighted by Gasteiger charge is 2.28. The molecule has 3 aromatic rings. The Labute approximate surface area is 177 Å². The fraction of sp³-hybridized carbons (Fsp3) is 0.167. The van der Waals surface area contributed by atoms with Gasteiger partial charge in [0.25, 0.3) is 0 Å². The van der Waals surface area contributed by atoms with E-state index < -0.39 is 0 Å². The summed E-state index contributed by atoms with van der Waals surface area (Å²) in [5.41, 5.74) is 1.82. The van der Waals surface area contributed by atoms with Gasteiger partial charge in [-0.3, -0.25) is 10.1 Å². The summed E-state index contributed by atoms with van der Waals surface area (Å²) in [6, 6.07) is 11.2. The molecule has 1 aromatic heterocycles. The van der Waals surface area contributed by atoms with Gasteiger partial charge >= 0.3 is 0 Å². The maximum Gasteiger partial charge on any atom is 0.229 e. The lowest BCUT2D eigenvalue weighted by molar-refractivity contribution is -0.117. The Kier molecular flexibility index (Phi) is 5.21. The van der Waals surface area contributed by atoms with Crippen molar-refractivity contribution in [1.82, 2.24) is 14.8 Å². The lowest BCUT2D eigenvalue weighted by Crippen LogP contribution is -2.29. The SMILES string of the molecule is O=C1C[C@@H](c2cc(Br)c(OCc3ccccc3Cl)c(Br)c2)n2ncnc2N1. The van der Waals surface area contributed by atoms with Crippen molar-refractivity contribution in [2.45, 2.75) is 19.1 Å². The number of benzene rings is 2. The van der Waals surface area contributed by atoms with Gasteiger partial charge in [0.2, 0.25) is 11.9 Å². The normalized spacial score (nSPS) is 16.0. The third-order valence-electron chi connectivity index (χ3n) is 4.23. The van der Waals surface area contributed by atoms with Crippen LogP contribution < -0.4 is 10.1 Å². The summed E-state index contributed by atoms with van der Waals surface area (Å²) < 4.78 is 9.21. The van der Waals surface area contributed by atoms with Crippen molar-refractivity contribution in [3.05, 3.63) is 67.8 Å². The molecule has 1 amide bonds. The molecule has 0 aliphatic carbocycles. The topological polar surface area (TPSA) is 69.0 Å². The van der Waals surface area contributed by atoms with Crippen molar-refractivity contribution < 1.29 is 9.53 Å². The summed E-state index contributed by atoms with van der Waals surface area (Å²) in [6.45, 7) is 0.343. The van der Waals surface area contributed by atoms with Crippen LogP contribution in [0.2, 0.25) is 5.02 Å². The van der Waals surface area contributed by atoms with E-state index in [1.165, 1.54) is 6.33 Å². The van der Waals surface area contributed by atoms with Crippen molar-refractivity contribution >= 4 is 55.3 Å². The van der Waals surface area contributed by atoms with E-state index in [-0.39, 0.29) is 18.4 Å². The molecule has 2 heterocycles. The first-order chi connectivity index (χ1) is 13.0. The van der Waals surface area contributed by atoms with Crippen molar-refractivity contribution in [1.29, 1.82) is 0 Å². The molecule has 0 fully saturated rings. The molecule has 1 N–H and O–H groups in total. The zero-order valence-corrected chi connectivity index (χ0v) is 17.8. The van der Waals surface area contributed by atoms with Gasteiger partial charge in [0.1, 0.15) is 18.7 Å². The largest absolute Gasteiger partial charge is 0.486 e. The minimum atomic E-state index is -0.235. The van der Waals surface area contributed by atoms with Gasteiger partial charge in [-0.05, 0) is 55.6 Å². The lowest BCUT2D eigenvalue weighted by atomic mass is 10.0. The van der Waals surface area contributed by atoms with E-state index in [4.69, 9.17) is 16.3 Å². The van der Waals surface area contributed by atoms with Crippen LogP contribution in [-0.2, 0) is 11.4 Å². The minimum absolute atomic E-state index is 0.0909. The van der Waals surface area contributed by atoms with E-state index in [0.717, 1.165) is 20.1 Å². The van der Waals surface area contributed by atoms with Gasteiger partial charge < -0.3 is 4.74 Å². The monoisotopic (exact) mass is 510 g/mol. The fourth-order valence-corrected chi connectivity index (χ4v) is 4.58. The third-order valence-corrected chi connectivity index (χ3v) is 5.78. The number of halogens is 3. The average molecular weight is 513 g/mol. The molecule has 0 saturated carbocycles. The number of carbonyl (C=O) groups excluding carboxylic acids is 1. The van der Waals surface area contributed by atoms with Crippen LogP contribution >= 0.6 is 43.5 Å². The standard InChI is InChI=1S/C18H13Br2ClN4O2/c19-12-5-11(15-7-16(26)24-18-22-9-23-25(15)18)6-13(20)17(12)27-8-10-3-1-2-4-14(10)21/h1-6,9,15H,7-8H2,(H,22,23,24,26)/t15-/m0/s1. The minimum Gasteiger partial charge on any atom is -0.486 e. The van der Waals surface area contributed by atoms with Crippen LogP contribution in [0.25, 0.3) is 0 Å². The molecule has 0 radical (unpaired) electrons. The van der Waals surface area contributed by atoms with Crippen LogP contribution in [0.15, 0.2) is 51.7 Å². The number of amides is 1. The first kappa shape index (κ1) is 18.5. The molecular formula is C18H13Br2ClN4O2. The first-order valence-electron chi connectivity index (χ1n) is 8.07. The zero-order chi connectivity index (χ0) is 19.0. The quantitative estimate of drug-likeness (QED) is 0.536. The molecule has 2 aromatic carbocycles. The molecule has 4 rings (SSSR count). The Bertz CT molecular complexity index is 1000. The van der Waals surface area contributed by atoms with E-state index in [2.05, 4.69) is 47.3 Å². The highest BCUT2D eigenvalue weighted by molar-refractivity contribution is 9.11. The van der Waals surface area contributed by atoms with Gasteiger partial charge in [-0.2, -0.15) is 10.1 Å². The summed E-state index contributed by atoms with van der Waals surface area (Å²) in [7, 11) is 0. The Morgan fingerprint density at radius 1 is 1.26 bits per heavy atom. The zero-order valence-electron chi connectivity index (χ0n) is 13.8. The number of ether oxygens (including phenoxy) is 1. The fourth-order valence-electron chi connectivity index (χ4n) is 2.94. The van der Waals surface area contributed by atoms with Gasteiger partial charge in [-0.15, -0.1) is 0 Å². The summed E-state index contributed by atoms with van der Waals surface area (Å²) in [5.74, 6) is 1.02. The van der Waals surface area contributed by atoms with Gasteiger partial charge in [0.05, 0.1) is 21.4 Å². The number of hydrogen-bond donors (Lipinski definition) is 1. The van der Waals surface area contributed by atoms with Gasteiger partial charge in [-0.1, -0.05) is 29.8 Å². The molecule has 138 valence electrons. The molecule has 6 nitrogen and oxygen atoms in total. The van der Waals surface area contributed by atoms with E-state index >= 15 is 0 Å². The molecule has 0 unspecified atom stereocenters. The lowest BCUT2D eigenvalue weighted by Gasteiger charge is -2.24. The predicted molar refractivity (Wildman–Crippen MR) is 109 cm³/mol. The van der Waals surface area contributed by atoms with Gasteiger partial charge in [0, 0.05) is 10.6 Å². The van der Waals surface area contributed by atoms with E-state index in [9.17, 15) is 4.79 Å². The van der Waals surface area contributed by atoms with Crippen molar-refractivity contribution in [2.24, 2.45) is 0 Å². The highest BCUT2D eigenvalue weighted by Crippen LogP contribution is 2.39. The van der Waals surface area contributed by atoms with Crippen molar-refractivity contribution in [2.75, 3.05) is 5.32 Å². The van der Waals surface area contributed by atoms with Crippen LogP contribution in [0.4, 0.5) is 5.95 Å². The molecule has 0 spiro atoms. The maximum absolute atomic E-state index is 12.0. The summed E-state index contributed by atoms with van der Waals surface area (Å²) >= 11 is 13.3. The third kappa shape index (κ3) is 3.74. The number of aromatic nitrogens is 3. The molecule has 1 aliphatic heterocycles.